The topological polar surface area (TPSA) is 21.3 Å². The van der Waals surface area contributed by atoms with Crippen LogP contribution in [0, 0.1) is 0 Å². The van der Waals surface area contributed by atoms with E-state index < -0.39 is 11.7 Å². The molecule has 1 heterocycles. The van der Waals surface area contributed by atoms with Crippen molar-refractivity contribution in [3.63, 3.8) is 0 Å². The molecule has 19 heavy (non-hydrogen) atoms. The lowest BCUT2D eigenvalue weighted by Crippen LogP contribution is -2.34. The first-order valence-electron chi connectivity index (χ1n) is 6.48. The van der Waals surface area contributed by atoms with Crippen molar-refractivity contribution in [1.29, 1.82) is 0 Å². The first-order chi connectivity index (χ1) is 9.02. The Kier molecular flexibility index (Phi) is 4.47. The average Bonchev–Trinajstić information content (AvgIpc) is 2.40. The molecule has 0 saturated carbocycles. The van der Waals surface area contributed by atoms with E-state index in [-0.39, 0.29) is 12.1 Å². The highest BCUT2D eigenvalue weighted by Crippen LogP contribution is 2.32. The molecule has 1 aliphatic heterocycles. The summed E-state index contributed by atoms with van der Waals surface area (Å²) in [5, 5.41) is 3.07. The first kappa shape index (κ1) is 14.3. The van der Waals surface area contributed by atoms with Crippen molar-refractivity contribution in [2.45, 2.75) is 37.6 Å². The number of nitrogens with one attached hydrogen (secondary N) is 1. The highest BCUT2D eigenvalue weighted by atomic mass is 19.4. The fourth-order valence-corrected chi connectivity index (χ4v) is 2.50. The second-order valence-electron chi connectivity index (χ2n) is 4.79. The molecule has 5 heteroatoms. The molecule has 1 fully saturated rings. The van der Waals surface area contributed by atoms with Crippen molar-refractivity contribution < 1.29 is 17.9 Å². The van der Waals surface area contributed by atoms with E-state index in [1.54, 1.807) is 13.1 Å². The van der Waals surface area contributed by atoms with E-state index >= 15 is 0 Å². The van der Waals surface area contributed by atoms with Crippen molar-refractivity contribution >= 4 is 0 Å². The Morgan fingerprint density at radius 1 is 1.32 bits per heavy atom. The molecule has 0 aromatic heterocycles. The zero-order valence-electron chi connectivity index (χ0n) is 10.8. The summed E-state index contributed by atoms with van der Waals surface area (Å²) in [6.45, 7) is 0.682. The largest absolute Gasteiger partial charge is 0.416 e. The highest BCUT2D eigenvalue weighted by molar-refractivity contribution is 5.28. The lowest BCUT2D eigenvalue weighted by molar-refractivity contribution is -0.137. The Labute approximate surface area is 111 Å². The Balaban J connectivity index is 2.22. The second-order valence-corrected chi connectivity index (χ2v) is 4.79. The minimum Gasteiger partial charge on any atom is -0.376 e. The summed E-state index contributed by atoms with van der Waals surface area (Å²) in [7, 11) is 1.75. The van der Waals surface area contributed by atoms with Crippen LogP contribution in [0.3, 0.4) is 0 Å². The van der Waals surface area contributed by atoms with Gasteiger partial charge in [0.1, 0.15) is 0 Å². The van der Waals surface area contributed by atoms with Crippen LogP contribution in [0.5, 0.6) is 0 Å². The van der Waals surface area contributed by atoms with Crippen LogP contribution >= 0.6 is 0 Å². The maximum absolute atomic E-state index is 12.7. The Hall–Kier alpha value is -1.07. The van der Waals surface area contributed by atoms with Crippen LogP contribution in [0.25, 0.3) is 0 Å². The maximum atomic E-state index is 12.7. The smallest absolute Gasteiger partial charge is 0.376 e. The summed E-state index contributed by atoms with van der Waals surface area (Å²) in [6.07, 6.45) is -1.40. The quantitative estimate of drug-likeness (QED) is 0.909. The summed E-state index contributed by atoms with van der Waals surface area (Å²) in [5.41, 5.74) is 0.0188. The third-order valence-corrected chi connectivity index (χ3v) is 3.47. The van der Waals surface area contributed by atoms with Gasteiger partial charge in [-0.05, 0) is 44.0 Å². The molecule has 1 aromatic carbocycles. The van der Waals surface area contributed by atoms with Gasteiger partial charge in [0, 0.05) is 6.61 Å². The number of rotatable bonds is 3. The summed E-state index contributed by atoms with van der Waals surface area (Å²) >= 11 is 0. The van der Waals surface area contributed by atoms with Crippen molar-refractivity contribution in [2.75, 3.05) is 13.7 Å². The number of likely N-dealkylation sites (N-methyl/N-ethyl adjacent to an activating group) is 1. The molecule has 0 radical (unpaired) electrons. The molecule has 0 amide bonds. The molecule has 2 unspecified atom stereocenters. The third kappa shape index (κ3) is 3.48. The molecule has 2 nitrogen and oxygen atoms in total. The summed E-state index contributed by atoms with van der Waals surface area (Å²) in [5.74, 6) is 0. The van der Waals surface area contributed by atoms with Gasteiger partial charge in [0.05, 0.1) is 17.7 Å². The normalized spacial score (nSPS) is 22.2. The van der Waals surface area contributed by atoms with Gasteiger partial charge >= 0.3 is 6.18 Å². The van der Waals surface area contributed by atoms with Gasteiger partial charge in [0.15, 0.2) is 0 Å². The molecule has 106 valence electrons. The number of hydrogen-bond acceptors (Lipinski definition) is 2. The third-order valence-electron chi connectivity index (χ3n) is 3.47. The van der Waals surface area contributed by atoms with E-state index in [4.69, 9.17) is 4.74 Å². The zero-order valence-corrected chi connectivity index (χ0v) is 10.8. The molecule has 0 spiro atoms. The van der Waals surface area contributed by atoms with Gasteiger partial charge in [-0.3, -0.25) is 0 Å². The van der Waals surface area contributed by atoms with E-state index in [0.717, 1.165) is 25.3 Å². The highest BCUT2D eigenvalue weighted by Gasteiger charge is 2.32. The first-order valence-corrected chi connectivity index (χ1v) is 6.48. The monoisotopic (exact) mass is 273 g/mol. The summed E-state index contributed by atoms with van der Waals surface area (Å²) in [4.78, 5) is 0. The van der Waals surface area contributed by atoms with Crippen molar-refractivity contribution in [3.05, 3.63) is 35.4 Å². The fraction of sp³-hybridized carbons (Fsp3) is 0.571. The van der Waals surface area contributed by atoms with Crippen LogP contribution in [-0.2, 0) is 10.9 Å². The fourth-order valence-electron chi connectivity index (χ4n) is 2.50. The van der Waals surface area contributed by atoms with Gasteiger partial charge in [-0.25, -0.2) is 0 Å². The van der Waals surface area contributed by atoms with Crippen LogP contribution < -0.4 is 5.32 Å². The molecule has 0 bridgehead atoms. The van der Waals surface area contributed by atoms with E-state index in [2.05, 4.69) is 5.32 Å². The lowest BCUT2D eigenvalue weighted by atomic mass is 9.94. The molecule has 2 rings (SSSR count). The Morgan fingerprint density at radius 3 is 2.68 bits per heavy atom. The predicted octanol–water partition coefficient (Wildman–Crippen LogP) is 3.54. The molecule has 2 atom stereocenters. The average molecular weight is 273 g/mol. The van der Waals surface area contributed by atoms with Gasteiger partial charge in [0.25, 0.3) is 0 Å². The SMILES string of the molecule is CNC(c1cccc(C(F)(F)F)c1)C1CCCCO1. The number of hydrogen-bond donors (Lipinski definition) is 1. The van der Waals surface area contributed by atoms with Gasteiger partial charge in [0.2, 0.25) is 0 Å². The number of alkyl halides is 3. The summed E-state index contributed by atoms with van der Waals surface area (Å²) < 4.78 is 43.8. The van der Waals surface area contributed by atoms with Gasteiger partial charge < -0.3 is 10.1 Å². The minimum absolute atomic E-state index is 0.0535. The van der Waals surface area contributed by atoms with Crippen LogP contribution in [0.15, 0.2) is 24.3 Å². The van der Waals surface area contributed by atoms with Crippen LogP contribution in [-0.4, -0.2) is 19.8 Å². The van der Waals surface area contributed by atoms with Crippen LogP contribution in [0.2, 0.25) is 0 Å². The molecular weight excluding hydrogens is 255 g/mol. The van der Waals surface area contributed by atoms with Gasteiger partial charge in [-0.2, -0.15) is 13.2 Å². The zero-order chi connectivity index (χ0) is 13.9. The number of ether oxygens (including phenoxy) is 1. The van der Waals surface area contributed by atoms with E-state index in [9.17, 15) is 13.2 Å². The summed E-state index contributed by atoms with van der Waals surface area (Å²) in [6, 6.07) is 5.28. The van der Waals surface area contributed by atoms with Crippen LogP contribution in [0.1, 0.15) is 36.4 Å². The van der Waals surface area contributed by atoms with Crippen molar-refractivity contribution in [1.82, 2.24) is 5.32 Å². The molecular formula is C14H18F3NO. The maximum Gasteiger partial charge on any atom is 0.416 e. The number of benzene rings is 1. The lowest BCUT2D eigenvalue weighted by Gasteiger charge is -2.30. The van der Waals surface area contributed by atoms with Gasteiger partial charge in [-0.1, -0.05) is 12.1 Å². The Bertz CT molecular complexity index is 413. The molecule has 1 saturated heterocycles. The molecule has 1 N–H and O–H groups in total. The molecule has 1 aromatic rings. The molecule has 0 aliphatic carbocycles. The van der Waals surface area contributed by atoms with E-state index in [0.29, 0.717) is 12.2 Å². The minimum atomic E-state index is -4.30. The number of halogens is 3. The van der Waals surface area contributed by atoms with E-state index in [1.807, 2.05) is 0 Å². The molecule has 1 aliphatic rings. The van der Waals surface area contributed by atoms with Gasteiger partial charge in [-0.15, -0.1) is 0 Å². The Morgan fingerprint density at radius 2 is 2.11 bits per heavy atom. The standard InChI is InChI=1S/C14H18F3NO/c1-18-13(12-7-2-3-8-19-12)10-5-4-6-11(9-10)14(15,16)17/h4-6,9,12-13,18H,2-3,7-8H2,1H3. The van der Waals surface area contributed by atoms with E-state index in [1.165, 1.54) is 12.1 Å². The van der Waals surface area contributed by atoms with Crippen LogP contribution in [0.4, 0.5) is 13.2 Å². The predicted molar refractivity (Wildman–Crippen MR) is 66.8 cm³/mol. The second kappa shape index (κ2) is 5.92. The van der Waals surface area contributed by atoms with Crippen molar-refractivity contribution in [2.24, 2.45) is 0 Å². The van der Waals surface area contributed by atoms with Crippen molar-refractivity contribution in [3.8, 4) is 0 Å².